The van der Waals surface area contributed by atoms with E-state index in [9.17, 15) is 4.79 Å². The Kier molecular flexibility index (Phi) is 3.19. The van der Waals surface area contributed by atoms with Gasteiger partial charge in [-0.05, 0) is 25.0 Å². The number of benzene rings is 1. The molecule has 1 aliphatic carbocycles. The number of carbonyl (C=O) groups excluding carboxylic acids is 1. The molecule has 0 radical (unpaired) electrons. The molecule has 0 saturated heterocycles. The summed E-state index contributed by atoms with van der Waals surface area (Å²) in [6.07, 6.45) is 1.63. The molecule has 0 fully saturated rings. The highest BCUT2D eigenvalue weighted by Gasteiger charge is 2.28. The van der Waals surface area contributed by atoms with Crippen molar-refractivity contribution in [2.75, 3.05) is 14.2 Å². The fourth-order valence-corrected chi connectivity index (χ4v) is 2.52. The molecule has 1 aromatic carbocycles. The van der Waals surface area contributed by atoms with Gasteiger partial charge in [0.05, 0.1) is 19.0 Å². The van der Waals surface area contributed by atoms with Gasteiger partial charge in [-0.2, -0.15) is 0 Å². The van der Waals surface area contributed by atoms with Crippen molar-refractivity contribution in [2.45, 2.75) is 17.7 Å². The smallest absolute Gasteiger partial charge is 0.176 e. The molecule has 86 valence electrons. The first-order valence-corrected chi connectivity index (χ1v) is 6.02. The van der Waals surface area contributed by atoms with Gasteiger partial charge in [-0.1, -0.05) is 15.9 Å². The Morgan fingerprint density at radius 2 is 2.06 bits per heavy atom. The lowest BCUT2D eigenvalue weighted by Crippen LogP contribution is -2.23. The standard InChI is InChI=1S/C12H13BrO3/c1-15-10-6-4-7-8(12(10)16-2)3-5-9(13)11(7)14/h4,6,9H,3,5H2,1-2H3. The molecule has 0 bridgehead atoms. The molecule has 0 amide bonds. The molecule has 1 atom stereocenters. The van der Waals surface area contributed by atoms with Gasteiger partial charge in [0.25, 0.3) is 0 Å². The van der Waals surface area contributed by atoms with Crippen LogP contribution in [0.3, 0.4) is 0 Å². The number of methoxy groups -OCH3 is 2. The Labute approximate surface area is 103 Å². The number of carbonyl (C=O) groups is 1. The second kappa shape index (κ2) is 4.45. The molecule has 1 unspecified atom stereocenters. The predicted octanol–water partition coefficient (Wildman–Crippen LogP) is 2.60. The zero-order valence-corrected chi connectivity index (χ0v) is 10.8. The van der Waals surface area contributed by atoms with E-state index in [2.05, 4.69) is 15.9 Å². The average molecular weight is 285 g/mol. The second-order valence-corrected chi connectivity index (χ2v) is 4.80. The van der Waals surface area contributed by atoms with Gasteiger partial charge in [0.15, 0.2) is 17.3 Å². The fourth-order valence-electron chi connectivity index (χ4n) is 2.04. The van der Waals surface area contributed by atoms with Crippen LogP contribution in [0.1, 0.15) is 22.3 Å². The normalized spacial score (nSPS) is 19.2. The van der Waals surface area contributed by atoms with Crippen molar-refractivity contribution >= 4 is 21.7 Å². The van der Waals surface area contributed by atoms with Crippen LogP contribution < -0.4 is 9.47 Å². The third kappa shape index (κ3) is 1.71. The highest BCUT2D eigenvalue weighted by molar-refractivity contribution is 9.10. The molecule has 4 heteroatoms. The Morgan fingerprint density at radius 3 is 2.69 bits per heavy atom. The van der Waals surface area contributed by atoms with Gasteiger partial charge in [0.1, 0.15) is 0 Å². The van der Waals surface area contributed by atoms with Crippen LogP contribution in [0.15, 0.2) is 12.1 Å². The summed E-state index contributed by atoms with van der Waals surface area (Å²) in [6.45, 7) is 0. The third-order valence-electron chi connectivity index (χ3n) is 2.85. The lowest BCUT2D eigenvalue weighted by molar-refractivity contribution is 0.0980. The average Bonchev–Trinajstić information content (AvgIpc) is 2.32. The quantitative estimate of drug-likeness (QED) is 0.783. The summed E-state index contributed by atoms with van der Waals surface area (Å²) in [5.74, 6) is 1.50. The third-order valence-corrected chi connectivity index (χ3v) is 3.72. The van der Waals surface area contributed by atoms with E-state index < -0.39 is 0 Å². The molecule has 16 heavy (non-hydrogen) atoms. The van der Waals surface area contributed by atoms with Crippen molar-refractivity contribution in [3.8, 4) is 11.5 Å². The van der Waals surface area contributed by atoms with E-state index in [1.54, 1.807) is 20.3 Å². The zero-order valence-electron chi connectivity index (χ0n) is 9.25. The van der Waals surface area contributed by atoms with E-state index in [1.807, 2.05) is 6.07 Å². The molecule has 2 rings (SSSR count). The maximum Gasteiger partial charge on any atom is 0.176 e. The summed E-state index contributed by atoms with van der Waals surface area (Å²) < 4.78 is 10.5. The first-order valence-electron chi connectivity index (χ1n) is 5.11. The van der Waals surface area contributed by atoms with Crippen LogP contribution >= 0.6 is 15.9 Å². The number of alkyl halides is 1. The van der Waals surface area contributed by atoms with Gasteiger partial charge in [-0.15, -0.1) is 0 Å². The molecule has 0 aromatic heterocycles. The zero-order chi connectivity index (χ0) is 11.7. The molecular formula is C12H13BrO3. The van der Waals surface area contributed by atoms with E-state index in [0.29, 0.717) is 11.5 Å². The minimum atomic E-state index is -0.0712. The van der Waals surface area contributed by atoms with Crippen molar-refractivity contribution in [3.05, 3.63) is 23.3 Å². The topological polar surface area (TPSA) is 35.5 Å². The number of hydrogen-bond donors (Lipinski definition) is 0. The van der Waals surface area contributed by atoms with E-state index in [0.717, 1.165) is 24.0 Å². The molecule has 1 aliphatic rings. The van der Waals surface area contributed by atoms with Crippen LogP contribution in [-0.4, -0.2) is 24.8 Å². The SMILES string of the molecule is COc1ccc2c(c1OC)CCC(Br)C2=O. The number of ketones is 1. The summed E-state index contributed by atoms with van der Waals surface area (Å²) >= 11 is 3.38. The number of hydrogen-bond acceptors (Lipinski definition) is 3. The Morgan fingerprint density at radius 1 is 1.31 bits per heavy atom. The number of fused-ring (bicyclic) bond motifs is 1. The highest BCUT2D eigenvalue weighted by Crippen LogP contribution is 2.38. The van der Waals surface area contributed by atoms with Crippen molar-refractivity contribution in [1.29, 1.82) is 0 Å². The Bertz CT molecular complexity index is 429. The number of Topliss-reactive ketones (excluding diaryl/α,β-unsaturated/α-hetero) is 1. The molecule has 0 N–H and O–H groups in total. The molecular weight excluding hydrogens is 272 g/mol. The van der Waals surface area contributed by atoms with E-state index in [1.165, 1.54) is 0 Å². The van der Waals surface area contributed by atoms with Crippen molar-refractivity contribution in [2.24, 2.45) is 0 Å². The van der Waals surface area contributed by atoms with Crippen LogP contribution in [0.2, 0.25) is 0 Å². The van der Waals surface area contributed by atoms with Gasteiger partial charge in [0, 0.05) is 11.1 Å². The van der Waals surface area contributed by atoms with Crippen molar-refractivity contribution in [1.82, 2.24) is 0 Å². The summed E-state index contributed by atoms with van der Waals surface area (Å²) in [5, 5.41) is 0. The lowest BCUT2D eigenvalue weighted by Gasteiger charge is -2.22. The largest absolute Gasteiger partial charge is 0.493 e. The van der Waals surface area contributed by atoms with Gasteiger partial charge in [-0.3, -0.25) is 4.79 Å². The number of rotatable bonds is 2. The van der Waals surface area contributed by atoms with E-state index in [-0.39, 0.29) is 10.6 Å². The summed E-state index contributed by atoms with van der Waals surface area (Å²) in [5.41, 5.74) is 1.70. The molecule has 3 nitrogen and oxygen atoms in total. The van der Waals surface area contributed by atoms with Crippen molar-refractivity contribution in [3.63, 3.8) is 0 Å². The maximum absolute atomic E-state index is 11.9. The van der Waals surface area contributed by atoms with Gasteiger partial charge >= 0.3 is 0 Å². The first kappa shape index (κ1) is 11.5. The fraction of sp³-hybridized carbons (Fsp3) is 0.417. The lowest BCUT2D eigenvalue weighted by atomic mass is 9.89. The molecule has 0 saturated carbocycles. The molecule has 0 aliphatic heterocycles. The van der Waals surface area contributed by atoms with Crippen LogP contribution in [-0.2, 0) is 6.42 Å². The van der Waals surface area contributed by atoms with Gasteiger partial charge in [-0.25, -0.2) is 0 Å². The molecule has 0 spiro atoms. The number of ether oxygens (including phenoxy) is 2. The summed E-state index contributed by atoms with van der Waals surface area (Å²) in [6, 6.07) is 3.59. The van der Waals surface area contributed by atoms with E-state index >= 15 is 0 Å². The van der Waals surface area contributed by atoms with Gasteiger partial charge in [0.2, 0.25) is 0 Å². The predicted molar refractivity (Wildman–Crippen MR) is 64.9 cm³/mol. The van der Waals surface area contributed by atoms with Crippen LogP contribution in [0.4, 0.5) is 0 Å². The van der Waals surface area contributed by atoms with Crippen LogP contribution in [0, 0.1) is 0 Å². The van der Waals surface area contributed by atoms with Crippen LogP contribution in [0.25, 0.3) is 0 Å². The Hall–Kier alpha value is -1.03. The maximum atomic E-state index is 11.9. The minimum Gasteiger partial charge on any atom is -0.493 e. The highest BCUT2D eigenvalue weighted by atomic mass is 79.9. The molecule has 0 heterocycles. The Balaban J connectivity index is 2.57. The summed E-state index contributed by atoms with van der Waals surface area (Å²) in [4.78, 5) is 11.9. The monoisotopic (exact) mass is 284 g/mol. The van der Waals surface area contributed by atoms with Crippen molar-refractivity contribution < 1.29 is 14.3 Å². The number of halogens is 1. The first-order chi connectivity index (χ1) is 7.69. The minimum absolute atomic E-state index is 0.0712. The second-order valence-electron chi connectivity index (χ2n) is 3.70. The van der Waals surface area contributed by atoms with E-state index in [4.69, 9.17) is 9.47 Å². The molecule has 1 aromatic rings. The van der Waals surface area contributed by atoms with Gasteiger partial charge < -0.3 is 9.47 Å². The van der Waals surface area contributed by atoms with Crippen LogP contribution in [0.5, 0.6) is 11.5 Å². The summed E-state index contributed by atoms with van der Waals surface area (Å²) in [7, 11) is 3.20.